The van der Waals surface area contributed by atoms with E-state index in [4.69, 9.17) is 0 Å². The number of likely N-dealkylation sites (tertiary alicyclic amines) is 1. The largest absolute Gasteiger partial charge is 0.481 e. The van der Waals surface area contributed by atoms with Crippen molar-refractivity contribution < 1.29 is 14.7 Å². The lowest BCUT2D eigenvalue weighted by molar-refractivity contribution is -0.148. The molecule has 0 saturated carbocycles. The van der Waals surface area contributed by atoms with Crippen molar-refractivity contribution in [2.75, 3.05) is 31.1 Å². The summed E-state index contributed by atoms with van der Waals surface area (Å²) in [4.78, 5) is 24.8. The van der Waals surface area contributed by atoms with E-state index in [2.05, 4.69) is 12.2 Å². The number of carbonyl (C=O) groups is 2. The Morgan fingerprint density at radius 1 is 1.42 bits per heavy atom. The van der Waals surface area contributed by atoms with Crippen LogP contribution in [-0.4, -0.2) is 53.1 Å². The molecule has 0 aromatic rings. The number of carbonyl (C=O) groups excluding carboxylic acids is 1. The van der Waals surface area contributed by atoms with E-state index < -0.39 is 11.4 Å². The van der Waals surface area contributed by atoms with Gasteiger partial charge in [-0.3, -0.25) is 4.79 Å². The maximum Gasteiger partial charge on any atom is 0.317 e. The van der Waals surface area contributed by atoms with Gasteiger partial charge >= 0.3 is 12.0 Å². The normalized spacial score (nSPS) is 22.5. The molecule has 1 aliphatic heterocycles. The minimum Gasteiger partial charge on any atom is -0.481 e. The summed E-state index contributed by atoms with van der Waals surface area (Å²) in [6.07, 6.45) is 2.08. The number of urea groups is 1. The van der Waals surface area contributed by atoms with Crippen LogP contribution in [0.3, 0.4) is 0 Å². The number of nitrogens with zero attached hydrogens (tertiary/aromatic N) is 1. The molecule has 0 bridgehead atoms. The van der Waals surface area contributed by atoms with Crippen LogP contribution in [0.15, 0.2) is 0 Å². The molecule has 19 heavy (non-hydrogen) atoms. The summed E-state index contributed by atoms with van der Waals surface area (Å²) in [5, 5.41) is 12.1. The van der Waals surface area contributed by atoms with Crippen molar-refractivity contribution in [1.29, 1.82) is 0 Å². The van der Waals surface area contributed by atoms with Gasteiger partial charge in [0, 0.05) is 19.6 Å². The third-order valence-corrected chi connectivity index (χ3v) is 4.70. The lowest BCUT2D eigenvalue weighted by Gasteiger charge is -2.23. The highest BCUT2D eigenvalue weighted by Crippen LogP contribution is 2.34. The molecule has 0 aliphatic carbocycles. The molecule has 0 aromatic carbocycles. The van der Waals surface area contributed by atoms with Gasteiger partial charge < -0.3 is 15.3 Å². The quantitative estimate of drug-likeness (QED) is 0.703. The molecule has 2 amide bonds. The average molecular weight is 288 g/mol. The number of amides is 2. The molecule has 1 aliphatic rings. The number of carboxylic acid groups (broad SMARTS) is 1. The highest BCUT2D eigenvalue weighted by molar-refractivity contribution is 7.99. The third kappa shape index (κ3) is 4.30. The van der Waals surface area contributed by atoms with Crippen LogP contribution in [-0.2, 0) is 4.79 Å². The van der Waals surface area contributed by atoms with Gasteiger partial charge in [-0.2, -0.15) is 11.8 Å². The minimum absolute atomic E-state index is 0.127. The Hall–Kier alpha value is -0.910. The van der Waals surface area contributed by atoms with E-state index in [0.717, 1.165) is 17.9 Å². The summed E-state index contributed by atoms with van der Waals surface area (Å²) in [5.74, 6) is 1.35. The van der Waals surface area contributed by atoms with Crippen LogP contribution >= 0.6 is 11.8 Å². The summed E-state index contributed by atoms with van der Waals surface area (Å²) in [6.45, 7) is 5.51. The fourth-order valence-electron chi connectivity index (χ4n) is 2.29. The maximum absolute atomic E-state index is 11.9. The number of hydrogen-bond donors (Lipinski definition) is 2. The van der Waals surface area contributed by atoms with Gasteiger partial charge in [0.1, 0.15) is 0 Å². The summed E-state index contributed by atoms with van der Waals surface area (Å²) in [7, 11) is 0. The lowest BCUT2D eigenvalue weighted by atomic mass is 9.84. The number of hydrogen-bond acceptors (Lipinski definition) is 3. The summed E-state index contributed by atoms with van der Waals surface area (Å²) >= 11 is 1.86. The third-order valence-electron chi connectivity index (χ3n) is 3.72. The second kappa shape index (κ2) is 7.62. The molecule has 5 nitrogen and oxygen atoms in total. The molecule has 0 radical (unpaired) electrons. The highest BCUT2D eigenvalue weighted by Gasteiger charge is 2.44. The second-order valence-corrected chi connectivity index (χ2v) is 6.29. The number of aliphatic carboxylic acids is 1. The first kappa shape index (κ1) is 16.1. The van der Waals surface area contributed by atoms with E-state index in [1.807, 2.05) is 18.7 Å². The molecule has 0 spiro atoms. The fourth-order valence-corrected chi connectivity index (χ4v) is 2.92. The number of rotatable bonds is 7. The Balaban J connectivity index is 2.33. The maximum atomic E-state index is 11.9. The first-order valence-corrected chi connectivity index (χ1v) is 8.05. The first-order valence-electron chi connectivity index (χ1n) is 6.89. The Kier molecular flexibility index (Phi) is 6.48. The lowest BCUT2D eigenvalue weighted by Crippen LogP contribution is -2.42. The molecule has 1 fully saturated rings. The topological polar surface area (TPSA) is 69.6 Å². The van der Waals surface area contributed by atoms with Crippen molar-refractivity contribution in [2.24, 2.45) is 5.41 Å². The van der Waals surface area contributed by atoms with E-state index in [9.17, 15) is 14.7 Å². The SMILES string of the molecule is CCSCCCNC(=O)N1CCC(CC)(C(=O)O)C1. The van der Waals surface area contributed by atoms with Gasteiger partial charge in [-0.25, -0.2) is 4.79 Å². The van der Waals surface area contributed by atoms with Crippen molar-refractivity contribution in [1.82, 2.24) is 10.2 Å². The standard InChI is InChI=1S/C13H24N2O3S/c1-3-13(11(16)17)6-8-15(10-13)12(18)14-7-5-9-19-4-2/h3-10H2,1-2H3,(H,14,18)(H,16,17). The van der Waals surface area contributed by atoms with E-state index in [1.165, 1.54) is 0 Å². The van der Waals surface area contributed by atoms with Crippen LogP contribution in [0.2, 0.25) is 0 Å². The van der Waals surface area contributed by atoms with Crippen molar-refractivity contribution in [3.63, 3.8) is 0 Å². The fraction of sp³-hybridized carbons (Fsp3) is 0.846. The van der Waals surface area contributed by atoms with Crippen molar-refractivity contribution in [2.45, 2.75) is 33.1 Å². The monoisotopic (exact) mass is 288 g/mol. The van der Waals surface area contributed by atoms with Gasteiger partial charge in [-0.15, -0.1) is 0 Å². The predicted octanol–water partition coefficient (Wildman–Crippen LogP) is 2.03. The Labute approximate surface area is 119 Å². The van der Waals surface area contributed by atoms with Crippen molar-refractivity contribution in [3.8, 4) is 0 Å². The minimum atomic E-state index is -0.787. The first-order chi connectivity index (χ1) is 9.05. The second-order valence-electron chi connectivity index (χ2n) is 4.89. The molecule has 1 saturated heterocycles. The molecule has 110 valence electrons. The molecular formula is C13H24N2O3S. The van der Waals surface area contributed by atoms with Crippen molar-refractivity contribution >= 4 is 23.8 Å². The van der Waals surface area contributed by atoms with Crippen molar-refractivity contribution in [3.05, 3.63) is 0 Å². The molecule has 1 heterocycles. The Bertz CT molecular complexity index is 325. The van der Waals surface area contributed by atoms with Gasteiger partial charge in [0.05, 0.1) is 5.41 Å². The van der Waals surface area contributed by atoms with Gasteiger partial charge in [-0.05, 0) is 30.8 Å². The van der Waals surface area contributed by atoms with Crippen LogP contribution in [0.5, 0.6) is 0 Å². The highest BCUT2D eigenvalue weighted by atomic mass is 32.2. The van der Waals surface area contributed by atoms with E-state index in [0.29, 0.717) is 32.5 Å². The van der Waals surface area contributed by atoms with Crippen LogP contribution in [0, 0.1) is 5.41 Å². The number of carboxylic acids is 1. The van der Waals surface area contributed by atoms with Crippen LogP contribution < -0.4 is 5.32 Å². The molecule has 1 unspecified atom stereocenters. The van der Waals surface area contributed by atoms with E-state index in [1.54, 1.807) is 4.90 Å². The molecular weight excluding hydrogens is 264 g/mol. The zero-order valence-corrected chi connectivity index (χ0v) is 12.6. The van der Waals surface area contributed by atoms with Gasteiger partial charge in [0.15, 0.2) is 0 Å². The molecule has 1 atom stereocenters. The molecule has 6 heteroatoms. The summed E-state index contributed by atoms with van der Waals surface area (Å²) in [6, 6.07) is -0.127. The van der Waals surface area contributed by atoms with Gasteiger partial charge in [-0.1, -0.05) is 13.8 Å². The zero-order chi connectivity index (χ0) is 14.3. The van der Waals surface area contributed by atoms with Gasteiger partial charge in [0.2, 0.25) is 0 Å². The Morgan fingerprint density at radius 2 is 2.16 bits per heavy atom. The Morgan fingerprint density at radius 3 is 2.68 bits per heavy atom. The van der Waals surface area contributed by atoms with Crippen LogP contribution in [0.1, 0.15) is 33.1 Å². The number of thioether (sulfide) groups is 1. The van der Waals surface area contributed by atoms with Gasteiger partial charge in [0.25, 0.3) is 0 Å². The summed E-state index contributed by atoms with van der Waals surface area (Å²) < 4.78 is 0. The van der Waals surface area contributed by atoms with E-state index in [-0.39, 0.29) is 6.03 Å². The molecule has 0 aromatic heterocycles. The van der Waals surface area contributed by atoms with Crippen LogP contribution in [0.25, 0.3) is 0 Å². The van der Waals surface area contributed by atoms with Crippen LogP contribution in [0.4, 0.5) is 4.79 Å². The molecule has 1 rings (SSSR count). The number of nitrogens with one attached hydrogen (secondary N) is 1. The smallest absolute Gasteiger partial charge is 0.317 e. The summed E-state index contributed by atoms with van der Waals surface area (Å²) in [5.41, 5.74) is -0.741. The predicted molar refractivity (Wildman–Crippen MR) is 77.6 cm³/mol. The molecule has 2 N–H and O–H groups in total. The van der Waals surface area contributed by atoms with E-state index >= 15 is 0 Å². The zero-order valence-electron chi connectivity index (χ0n) is 11.8. The average Bonchev–Trinajstić information content (AvgIpc) is 2.84.